The number of thiophene rings is 1. The first-order valence-electron chi connectivity index (χ1n) is 14.0. The summed E-state index contributed by atoms with van der Waals surface area (Å²) in [6.45, 7) is 8.26. The lowest BCUT2D eigenvalue weighted by atomic mass is 9.88. The van der Waals surface area contributed by atoms with Gasteiger partial charge in [0.1, 0.15) is 16.7 Å². The van der Waals surface area contributed by atoms with Crippen molar-refractivity contribution < 1.29 is 19.1 Å². The van der Waals surface area contributed by atoms with Gasteiger partial charge in [-0.3, -0.25) is 9.59 Å². The Balaban J connectivity index is 1.41. The van der Waals surface area contributed by atoms with E-state index in [0.717, 1.165) is 46.7 Å². The molecule has 2 aliphatic rings. The molecule has 1 aromatic heterocycles. The highest BCUT2D eigenvalue weighted by Crippen LogP contribution is 2.38. The van der Waals surface area contributed by atoms with Crippen molar-refractivity contribution in [1.82, 2.24) is 4.90 Å². The second kappa shape index (κ2) is 13.1. The molecule has 1 atom stereocenters. The van der Waals surface area contributed by atoms with Crippen molar-refractivity contribution in [1.29, 1.82) is 5.26 Å². The minimum Gasteiger partial charge on any atom is -0.444 e. The average Bonchev–Trinajstić information content (AvgIpc) is 3.27. The molecule has 10 heteroatoms. The van der Waals surface area contributed by atoms with Crippen LogP contribution in [0.25, 0.3) is 0 Å². The third kappa shape index (κ3) is 7.58. The summed E-state index contributed by atoms with van der Waals surface area (Å²) >= 11 is 2.79. The molecule has 0 spiro atoms. The topological polar surface area (TPSA) is 112 Å². The van der Waals surface area contributed by atoms with Gasteiger partial charge in [0, 0.05) is 27.9 Å². The van der Waals surface area contributed by atoms with Gasteiger partial charge in [-0.05, 0) is 70.2 Å². The van der Waals surface area contributed by atoms with Crippen LogP contribution in [0.5, 0.6) is 0 Å². The standard InChI is InChI=1S/C30H38N4O4S2/c1-5-24(39-21-13-9-12-20(16-21)32-26(35)19-10-7-6-8-11-19)27(36)33-28-23(17-31)22-14-15-34(18-25(22)40-28)29(37)38-30(2,3)4/h9,12-13,16,19,24H,5-8,10-11,14-15,18H2,1-4H3,(H,32,35)(H,33,36). The summed E-state index contributed by atoms with van der Waals surface area (Å²) in [5.74, 6) is -0.0350. The molecule has 2 heterocycles. The Hall–Kier alpha value is -3.03. The molecular weight excluding hydrogens is 544 g/mol. The fourth-order valence-corrected chi connectivity index (χ4v) is 7.26. The lowest BCUT2D eigenvalue weighted by Crippen LogP contribution is -2.39. The Bertz CT molecular complexity index is 1290. The number of hydrogen-bond donors (Lipinski definition) is 2. The van der Waals surface area contributed by atoms with Crippen LogP contribution < -0.4 is 10.6 Å². The highest BCUT2D eigenvalue weighted by atomic mass is 32.2. The number of thioether (sulfide) groups is 1. The summed E-state index contributed by atoms with van der Waals surface area (Å²) < 4.78 is 5.51. The van der Waals surface area contributed by atoms with Gasteiger partial charge in [0.2, 0.25) is 11.8 Å². The predicted octanol–water partition coefficient (Wildman–Crippen LogP) is 6.94. The van der Waals surface area contributed by atoms with Crippen molar-refractivity contribution in [2.45, 2.75) is 94.9 Å². The zero-order valence-electron chi connectivity index (χ0n) is 23.7. The van der Waals surface area contributed by atoms with E-state index in [9.17, 15) is 19.6 Å². The number of ether oxygens (including phenoxy) is 1. The molecule has 1 unspecified atom stereocenters. The van der Waals surface area contributed by atoms with Gasteiger partial charge in [-0.25, -0.2) is 4.79 Å². The van der Waals surface area contributed by atoms with Gasteiger partial charge >= 0.3 is 6.09 Å². The molecule has 4 rings (SSSR count). The molecule has 1 aliphatic carbocycles. The lowest BCUT2D eigenvalue weighted by Gasteiger charge is -2.29. The van der Waals surface area contributed by atoms with Crippen molar-refractivity contribution in [2.75, 3.05) is 17.2 Å². The molecule has 2 N–H and O–H groups in total. The zero-order valence-corrected chi connectivity index (χ0v) is 25.3. The van der Waals surface area contributed by atoms with E-state index in [2.05, 4.69) is 16.7 Å². The summed E-state index contributed by atoms with van der Waals surface area (Å²) in [5, 5.41) is 16.1. The van der Waals surface area contributed by atoms with E-state index in [-0.39, 0.29) is 29.1 Å². The number of fused-ring (bicyclic) bond motifs is 1. The number of hydrogen-bond acceptors (Lipinski definition) is 7. The van der Waals surface area contributed by atoms with Crippen LogP contribution in [-0.2, 0) is 27.3 Å². The fraction of sp³-hybridized carbons (Fsp3) is 0.533. The van der Waals surface area contributed by atoms with Gasteiger partial charge in [0.15, 0.2) is 0 Å². The first-order chi connectivity index (χ1) is 19.1. The zero-order chi connectivity index (χ0) is 28.9. The van der Waals surface area contributed by atoms with Crippen LogP contribution >= 0.6 is 23.1 Å². The number of nitriles is 1. The van der Waals surface area contributed by atoms with E-state index < -0.39 is 5.60 Å². The number of amides is 3. The molecule has 40 heavy (non-hydrogen) atoms. The van der Waals surface area contributed by atoms with Crippen molar-refractivity contribution in [3.8, 4) is 6.07 Å². The van der Waals surface area contributed by atoms with Crippen molar-refractivity contribution in [3.05, 3.63) is 40.3 Å². The smallest absolute Gasteiger partial charge is 0.410 e. The van der Waals surface area contributed by atoms with Gasteiger partial charge in [0.25, 0.3) is 0 Å². The monoisotopic (exact) mass is 582 g/mol. The van der Waals surface area contributed by atoms with Crippen LogP contribution in [0, 0.1) is 17.2 Å². The maximum Gasteiger partial charge on any atom is 0.410 e. The average molecular weight is 583 g/mol. The van der Waals surface area contributed by atoms with Gasteiger partial charge in [-0.1, -0.05) is 32.3 Å². The Labute approximate surface area is 244 Å². The SMILES string of the molecule is CCC(Sc1cccc(NC(=O)C2CCCCC2)c1)C(=O)Nc1sc2c(c1C#N)CCN(C(=O)OC(C)(C)C)C2. The summed E-state index contributed by atoms with van der Waals surface area (Å²) in [4.78, 5) is 42.0. The quantitative estimate of drug-likeness (QED) is 0.342. The third-order valence-corrected chi connectivity index (χ3v) is 9.57. The van der Waals surface area contributed by atoms with Crippen molar-refractivity contribution >= 4 is 51.7 Å². The first kappa shape index (κ1) is 29.9. The number of benzene rings is 1. The Morgan fingerprint density at radius 2 is 1.95 bits per heavy atom. The van der Waals surface area contributed by atoms with Gasteiger partial charge < -0.3 is 20.3 Å². The number of nitrogens with zero attached hydrogens (tertiary/aromatic N) is 2. The second-order valence-corrected chi connectivity index (χ2v) is 13.7. The van der Waals surface area contributed by atoms with Gasteiger partial charge in [-0.2, -0.15) is 5.26 Å². The molecule has 214 valence electrons. The Kier molecular flexibility index (Phi) is 9.80. The Morgan fingerprint density at radius 3 is 2.62 bits per heavy atom. The van der Waals surface area contributed by atoms with Gasteiger partial charge in [0.05, 0.1) is 17.4 Å². The lowest BCUT2D eigenvalue weighted by molar-refractivity contribution is -0.120. The minimum atomic E-state index is -0.586. The molecule has 1 saturated carbocycles. The van der Waals surface area contributed by atoms with Crippen LogP contribution in [-0.4, -0.2) is 40.2 Å². The molecule has 0 saturated heterocycles. The number of carbonyl (C=O) groups excluding carboxylic acids is 3. The number of rotatable bonds is 7. The molecule has 8 nitrogen and oxygen atoms in total. The van der Waals surface area contributed by atoms with E-state index in [1.54, 1.807) is 4.90 Å². The van der Waals surface area contributed by atoms with E-state index in [1.165, 1.54) is 29.5 Å². The van der Waals surface area contributed by atoms with E-state index in [1.807, 2.05) is 52.0 Å². The van der Waals surface area contributed by atoms with Crippen LogP contribution in [0.15, 0.2) is 29.2 Å². The molecule has 0 radical (unpaired) electrons. The number of nitrogens with one attached hydrogen (secondary N) is 2. The van der Waals surface area contributed by atoms with Crippen molar-refractivity contribution in [3.63, 3.8) is 0 Å². The highest BCUT2D eigenvalue weighted by molar-refractivity contribution is 8.00. The van der Waals surface area contributed by atoms with Gasteiger partial charge in [-0.15, -0.1) is 23.1 Å². The van der Waals surface area contributed by atoms with Crippen LogP contribution in [0.3, 0.4) is 0 Å². The first-order valence-corrected chi connectivity index (χ1v) is 15.7. The van der Waals surface area contributed by atoms with Crippen molar-refractivity contribution in [2.24, 2.45) is 5.92 Å². The predicted molar refractivity (Wildman–Crippen MR) is 160 cm³/mol. The van der Waals surface area contributed by atoms with Crippen LogP contribution in [0.4, 0.5) is 15.5 Å². The fourth-order valence-electron chi connectivity index (χ4n) is 5.03. The molecule has 1 aliphatic heterocycles. The third-order valence-electron chi connectivity index (χ3n) is 7.08. The molecule has 0 bridgehead atoms. The molecular formula is C30H38N4O4S2. The summed E-state index contributed by atoms with van der Waals surface area (Å²) in [6.07, 6.45) is 6.03. The van der Waals surface area contributed by atoms with Crippen LogP contribution in [0.2, 0.25) is 0 Å². The highest BCUT2D eigenvalue weighted by Gasteiger charge is 2.31. The summed E-state index contributed by atoms with van der Waals surface area (Å²) in [5.41, 5.74) is 1.52. The normalized spacial score (nSPS) is 16.4. The largest absolute Gasteiger partial charge is 0.444 e. The maximum absolute atomic E-state index is 13.3. The Morgan fingerprint density at radius 1 is 1.20 bits per heavy atom. The van der Waals surface area contributed by atoms with E-state index in [0.29, 0.717) is 36.5 Å². The molecule has 1 aromatic carbocycles. The maximum atomic E-state index is 13.3. The van der Waals surface area contributed by atoms with Crippen LogP contribution in [0.1, 0.15) is 82.2 Å². The number of carbonyl (C=O) groups is 3. The van der Waals surface area contributed by atoms with E-state index in [4.69, 9.17) is 4.74 Å². The molecule has 3 amide bonds. The summed E-state index contributed by atoms with van der Waals surface area (Å²) in [7, 11) is 0. The molecule has 1 fully saturated rings. The minimum absolute atomic E-state index is 0.0707. The number of anilines is 2. The van der Waals surface area contributed by atoms with E-state index >= 15 is 0 Å². The summed E-state index contributed by atoms with van der Waals surface area (Å²) in [6, 6.07) is 9.88. The molecule has 2 aromatic rings. The second-order valence-electron chi connectivity index (χ2n) is 11.3.